The van der Waals surface area contributed by atoms with E-state index in [1.54, 1.807) is 24.3 Å². The van der Waals surface area contributed by atoms with E-state index in [0.29, 0.717) is 16.9 Å². The third-order valence-corrected chi connectivity index (χ3v) is 4.45. The first-order chi connectivity index (χ1) is 14.3. The molecule has 0 saturated heterocycles. The number of amides is 2. The van der Waals surface area contributed by atoms with Gasteiger partial charge in [-0.15, -0.1) is 0 Å². The standard InChI is InChI=1S/C23H26N2O5/c1-15-7-4-8-16(2)23(15)25-21(28)14-30-22(29)12-6-11-20(27)24-19-10-5-9-18(13-19)17(3)26/h4-5,7-10,13H,6,11-12,14H2,1-3H3,(H,24,27)(H,25,28). The van der Waals surface area contributed by atoms with Crippen LogP contribution in [0.4, 0.5) is 11.4 Å². The molecule has 0 atom stereocenters. The Labute approximate surface area is 175 Å². The average molecular weight is 410 g/mol. The summed E-state index contributed by atoms with van der Waals surface area (Å²) in [5.74, 6) is -1.31. The molecule has 2 aromatic rings. The third kappa shape index (κ3) is 7.16. The number of carbonyl (C=O) groups is 4. The van der Waals surface area contributed by atoms with E-state index in [9.17, 15) is 19.2 Å². The van der Waals surface area contributed by atoms with Crippen LogP contribution in [0.15, 0.2) is 42.5 Å². The lowest BCUT2D eigenvalue weighted by Crippen LogP contribution is -2.22. The van der Waals surface area contributed by atoms with Gasteiger partial charge in [-0.2, -0.15) is 0 Å². The van der Waals surface area contributed by atoms with Crippen molar-refractivity contribution in [2.24, 2.45) is 0 Å². The number of esters is 1. The minimum Gasteiger partial charge on any atom is -0.456 e. The monoisotopic (exact) mass is 410 g/mol. The third-order valence-electron chi connectivity index (χ3n) is 4.45. The van der Waals surface area contributed by atoms with Gasteiger partial charge in [0.2, 0.25) is 5.91 Å². The number of aryl methyl sites for hydroxylation is 2. The van der Waals surface area contributed by atoms with Crippen LogP contribution in [0.2, 0.25) is 0 Å². The number of rotatable bonds is 9. The van der Waals surface area contributed by atoms with Crippen molar-refractivity contribution in [2.45, 2.75) is 40.0 Å². The lowest BCUT2D eigenvalue weighted by Gasteiger charge is -2.11. The van der Waals surface area contributed by atoms with Gasteiger partial charge in [0.1, 0.15) is 0 Å². The SMILES string of the molecule is CC(=O)c1cccc(NC(=O)CCCC(=O)OCC(=O)Nc2c(C)cccc2C)c1. The molecule has 0 aliphatic rings. The van der Waals surface area contributed by atoms with Crippen molar-refractivity contribution in [3.05, 3.63) is 59.2 Å². The fraction of sp³-hybridized carbons (Fsp3) is 0.304. The minimum absolute atomic E-state index is 0.0254. The number of anilines is 2. The van der Waals surface area contributed by atoms with Gasteiger partial charge in [-0.25, -0.2) is 0 Å². The van der Waals surface area contributed by atoms with Gasteiger partial charge in [0.25, 0.3) is 5.91 Å². The Morgan fingerprint density at radius 1 is 0.867 bits per heavy atom. The second-order valence-electron chi connectivity index (χ2n) is 7.01. The molecule has 2 amide bonds. The van der Waals surface area contributed by atoms with Gasteiger partial charge >= 0.3 is 5.97 Å². The summed E-state index contributed by atoms with van der Waals surface area (Å²) in [6, 6.07) is 12.3. The molecule has 0 saturated carbocycles. The first kappa shape index (κ1) is 22.8. The number of hydrogen-bond donors (Lipinski definition) is 2. The molecule has 0 aromatic heterocycles. The summed E-state index contributed by atoms with van der Waals surface area (Å²) in [4.78, 5) is 47.2. The Morgan fingerprint density at radius 2 is 1.53 bits per heavy atom. The molecule has 0 radical (unpaired) electrons. The van der Waals surface area contributed by atoms with E-state index in [0.717, 1.165) is 11.1 Å². The number of ketones is 1. The molecule has 7 heteroatoms. The number of carbonyl (C=O) groups excluding carboxylic acids is 4. The molecule has 0 aliphatic heterocycles. The lowest BCUT2D eigenvalue weighted by atomic mass is 10.1. The largest absolute Gasteiger partial charge is 0.456 e. The van der Waals surface area contributed by atoms with E-state index in [1.165, 1.54) is 6.92 Å². The van der Waals surface area contributed by atoms with Gasteiger partial charge in [-0.1, -0.05) is 30.3 Å². The second kappa shape index (κ2) is 10.9. The summed E-state index contributed by atoms with van der Waals surface area (Å²) >= 11 is 0. The van der Waals surface area contributed by atoms with Gasteiger partial charge in [-0.3, -0.25) is 19.2 Å². The van der Waals surface area contributed by atoms with Gasteiger partial charge in [-0.05, 0) is 50.5 Å². The van der Waals surface area contributed by atoms with Crippen LogP contribution in [0, 0.1) is 13.8 Å². The average Bonchev–Trinajstić information content (AvgIpc) is 2.69. The minimum atomic E-state index is -0.543. The van der Waals surface area contributed by atoms with E-state index >= 15 is 0 Å². The zero-order valence-electron chi connectivity index (χ0n) is 17.4. The Balaban J connectivity index is 1.69. The second-order valence-corrected chi connectivity index (χ2v) is 7.01. The molecule has 2 rings (SSSR count). The van der Waals surface area contributed by atoms with Crippen LogP contribution in [0.25, 0.3) is 0 Å². The van der Waals surface area contributed by atoms with Crippen molar-refractivity contribution in [1.29, 1.82) is 0 Å². The van der Waals surface area contributed by atoms with Gasteiger partial charge in [0, 0.05) is 29.8 Å². The number of ether oxygens (including phenoxy) is 1. The van der Waals surface area contributed by atoms with Crippen molar-refractivity contribution in [3.63, 3.8) is 0 Å². The fourth-order valence-corrected chi connectivity index (χ4v) is 2.84. The van der Waals surface area contributed by atoms with Crippen molar-refractivity contribution in [1.82, 2.24) is 0 Å². The van der Waals surface area contributed by atoms with Crippen LogP contribution in [0.1, 0.15) is 47.7 Å². The smallest absolute Gasteiger partial charge is 0.306 e. The number of Topliss-reactive ketones (excluding diaryl/α,β-unsaturated/α-hetero) is 1. The van der Waals surface area contributed by atoms with Gasteiger partial charge in [0.15, 0.2) is 12.4 Å². The summed E-state index contributed by atoms with van der Waals surface area (Å²) in [5.41, 5.74) is 3.60. The van der Waals surface area contributed by atoms with E-state index in [1.807, 2.05) is 32.0 Å². The highest BCUT2D eigenvalue weighted by molar-refractivity contribution is 5.97. The van der Waals surface area contributed by atoms with Gasteiger partial charge < -0.3 is 15.4 Å². The zero-order valence-corrected chi connectivity index (χ0v) is 17.4. The zero-order chi connectivity index (χ0) is 22.1. The molecule has 158 valence electrons. The van der Waals surface area contributed by atoms with Crippen LogP contribution >= 0.6 is 0 Å². The maximum atomic E-state index is 12.0. The molecule has 0 bridgehead atoms. The number of nitrogens with one attached hydrogen (secondary N) is 2. The first-order valence-electron chi connectivity index (χ1n) is 9.69. The topological polar surface area (TPSA) is 102 Å². The summed E-state index contributed by atoms with van der Waals surface area (Å²) in [6.45, 7) is 4.84. The Bertz CT molecular complexity index is 932. The predicted octanol–water partition coefficient (Wildman–Crippen LogP) is 3.80. The van der Waals surface area contributed by atoms with Crippen LogP contribution in [-0.2, 0) is 19.1 Å². The normalized spacial score (nSPS) is 10.2. The van der Waals surface area contributed by atoms with Crippen LogP contribution in [-0.4, -0.2) is 30.2 Å². The predicted molar refractivity (Wildman–Crippen MR) is 114 cm³/mol. The molecular formula is C23H26N2O5. The van der Waals surface area contributed by atoms with Crippen molar-refractivity contribution < 1.29 is 23.9 Å². The summed E-state index contributed by atoms with van der Waals surface area (Å²) in [5, 5.41) is 5.44. The Hall–Kier alpha value is -3.48. The molecule has 7 nitrogen and oxygen atoms in total. The Morgan fingerprint density at radius 3 is 2.20 bits per heavy atom. The maximum Gasteiger partial charge on any atom is 0.306 e. The fourth-order valence-electron chi connectivity index (χ4n) is 2.84. The molecule has 0 spiro atoms. The van der Waals surface area contributed by atoms with E-state index in [2.05, 4.69) is 10.6 Å². The highest BCUT2D eigenvalue weighted by Crippen LogP contribution is 2.19. The maximum absolute atomic E-state index is 12.0. The molecular weight excluding hydrogens is 384 g/mol. The van der Waals surface area contributed by atoms with Gasteiger partial charge in [0.05, 0.1) is 0 Å². The lowest BCUT2D eigenvalue weighted by molar-refractivity contribution is -0.147. The molecule has 0 fully saturated rings. The van der Waals surface area contributed by atoms with Crippen molar-refractivity contribution >= 4 is 34.9 Å². The van der Waals surface area contributed by atoms with E-state index in [4.69, 9.17) is 4.74 Å². The van der Waals surface area contributed by atoms with E-state index < -0.39 is 11.9 Å². The number of para-hydroxylation sites is 1. The summed E-state index contributed by atoms with van der Waals surface area (Å²) in [6.07, 6.45) is 0.432. The number of hydrogen-bond acceptors (Lipinski definition) is 5. The Kier molecular flexibility index (Phi) is 8.29. The molecule has 30 heavy (non-hydrogen) atoms. The molecule has 2 N–H and O–H groups in total. The molecule has 2 aromatic carbocycles. The van der Waals surface area contributed by atoms with Crippen LogP contribution in [0.5, 0.6) is 0 Å². The van der Waals surface area contributed by atoms with Crippen molar-refractivity contribution in [2.75, 3.05) is 17.2 Å². The molecule has 0 heterocycles. The molecule has 0 aliphatic carbocycles. The first-order valence-corrected chi connectivity index (χ1v) is 9.69. The molecule has 0 unspecified atom stereocenters. The summed E-state index contributed by atoms with van der Waals surface area (Å²) in [7, 11) is 0. The quantitative estimate of drug-likeness (QED) is 0.484. The highest BCUT2D eigenvalue weighted by Gasteiger charge is 2.12. The number of benzene rings is 2. The summed E-state index contributed by atoms with van der Waals surface area (Å²) < 4.78 is 4.98. The van der Waals surface area contributed by atoms with Crippen LogP contribution in [0.3, 0.4) is 0 Å². The van der Waals surface area contributed by atoms with E-state index in [-0.39, 0.29) is 37.6 Å². The van der Waals surface area contributed by atoms with Crippen LogP contribution < -0.4 is 10.6 Å². The highest BCUT2D eigenvalue weighted by atomic mass is 16.5. The van der Waals surface area contributed by atoms with Crippen molar-refractivity contribution in [3.8, 4) is 0 Å².